The average Bonchev–Trinajstić information content (AvgIpc) is 3.10. The van der Waals surface area contributed by atoms with Crippen molar-refractivity contribution >= 4 is 17.8 Å². The minimum absolute atomic E-state index is 0.0656. The molecule has 3 N–H and O–H groups in total. The van der Waals surface area contributed by atoms with Crippen LogP contribution < -0.4 is 11.1 Å². The third-order valence-electron chi connectivity index (χ3n) is 5.23. The number of nitrogens with two attached hydrogens (primary N) is 1. The fourth-order valence-electron chi connectivity index (χ4n) is 3.94. The molecule has 3 rings (SSSR count). The molecule has 2 fully saturated rings. The number of rotatable bonds is 7. The Labute approximate surface area is 152 Å². The lowest BCUT2D eigenvalue weighted by Crippen LogP contribution is -2.34. The molecule has 1 aromatic heterocycles. The van der Waals surface area contributed by atoms with Crippen LogP contribution in [0.5, 0.6) is 0 Å². The summed E-state index contributed by atoms with van der Waals surface area (Å²) < 4.78 is 1.32. The monoisotopic (exact) mass is 362 g/mol. The van der Waals surface area contributed by atoms with Crippen molar-refractivity contribution in [3.8, 4) is 0 Å². The standard InChI is InChI=1S/C17H26N6O3/c1-11-3-2-4-12(7-11)5-6-23-16(25)14(19-17(23)26)8-13-9-22(21-20-13)10-15(18)24/h9,11-12,14H,2-8,10H2,1H3,(H2,18,24)(H,19,26)/t11-,12+,14+/m1/s1. The van der Waals surface area contributed by atoms with E-state index in [0.29, 0.717) is 18.2 Å². The van der Waals surface area contributed by atoms with Gasteiger partial charge in [-0.2, -0.15) is 0 Å². The zero-order valence-electron chi connectivity index (χ0n) is 15.1. The highest BCUT2D eigenvalue weighted by molar-refractivity contribution is 6.04. The minimum Gasteiger partial charge on any atom is -0.368 e. The van der Waals surface area contributed by atoms with Crippen LogP contribution in [0.3, 0.4) is 0 Å². The quantitative estimate of drug-likeness (QED) is 0.681. The van der Waals surface area contributed by atoms with E-state index in [4.69, 9.17) is 5.73 Å². The maximum absolute atomic E-state index is 12.6. The molecule has 3 atom stereocenters. The predicted molar refractivity (Wildman–Crippen MR) is 92.7 cm³/mol. The molecule has 9 nitrogen and oxygen atoms in total. The number of nitrogens with one attached hydrogen (secondary N) is 1. The summed E-state index contributed by atoms with van der Waals surface area (Å²) in [7, 11) is 0. The van der Waals surface area contributed by atoms with Gasteiger partial charge in [-0.05, 0) is 24.7 Å². The summed E-state index contributed by atoms with van der Waals surface area (Å²) in [6.45, 7) is 2.66. The normalized spacial score (nSPS) is 26.2. The van der Waals surface area contributed by atoms with Crippen LogP contribution in [0.4, 0.5) is 4.79 Å². The van der Waals surface area contributed by atoms with Crippen LogP contribution in [0.15, 0.2) is 6.20 Å². The molecule has 1 aliphatic carbocycles. The highest BCUT2D eigenvalue weighted by Gasteiger charge is 2.38. The summed E-state index contributed by atoms with van der Waals surface area (Å²) in [4.78, 5) is 36.9. The highest BCUT2D eigenvalue weighted by atomic mass is 16.2. The number of carbonyl (C=O) groups excluding carboxylic acids is 3. The lowest BCUT2D eigenvalue weighted by molar-refractivity contribution is -0.127. The molecule has 1 saturated carbocycles. The number of amides is 4. The highest BCUT2D eigenvalue weighted by Crippen LogP contribution is 2.31. The Balaban J connectivity index is 1.53. The predicted octanol–water partition coefficient (Wildman–Crippen LogP) is 0.443. The second kappa shape index (κ2) is 7.84. The van der Waals surface area contributed by atoms with Crippen LogP contribution in [0.25, 0.3) is 0 Å². The van der Waals surface area contributed by atoms with Gasteiger partial charge in [-0.3, -0.25) is 14.5 Å². The smallest absolute Gasteiger partial charge is 0.324 e. The van der Waals surface area contributed by atoms with Gasteiger partial charge >= 0.3 is 6.03 Å². The van der Waals surface area contributed by atoms with Crippen LogP contribution in [0.1, 0.15) is 44.7 Å². The summed E-state index contributed by atoms with van der Waals surface area (Å²) in [5.74, 6) is 0.581. The van der Waals surface area contributed by atoms with Crippen LogP contribution in [-0.4, -0.2) is 50.3 Å². The van der Waals surface area contributed by atoms with E-state index in [9.17, 15) is 14.4 Å². The largest absolute Gasteiger partial charge is 0.368 e. The molecular weight excluding hydrogens is 336 g/mol. The van der Waals surface area contributed by atoms with E-state index in [1.54, 1.807) is 6.20 Å². The minimum atomic E-state index is -0.633. The van der Waals surface area contributed by atoms with Crippen molar-refractivity contribution in [3.63, 3.8) is 0 Å². The Morgan fingerprint density at radius 3 is 2.92 bits per heavy atom. The molecule has 0 radical (unpaired) electrons. The van der Waals surface area contributed by atoms with Gasteiger partial charge in [0.05, 0.1) is 5.69 Å². The number of aromatic nitrogens is 3. The SMILES string of the molecule is C[C@@H]1CCC[C@@H](CCN2C(=O)N[C@@H](Cc3cn(CC(N)=O)nn3)C2=O)C1. The Morgan fingerprint density at radius 1 is 1.38 bits per heavy atom. The van der Waals surface area contributed by atoms with Gasteiger partial charge in [0.2, 0.25) is 5.91 Å². The summed E-state index contributed by atoms with van der Waals surface area (Å²) in [5, 5.41) is 10.4. The number of nitrogens with zero attached hydrogens (tertiary/aromatic N) is 4. The Bertz CT molecular complexity index is 688. The molecule has 1 aromatic rings. The number of hydrogen-bond donors (Lipinski definition) is 2. The van der Waals surface area contributed by atoms with Crippen LogP contribution in [0, 0.1) is 11.8 Å². The zero-order valence-corrected chi connectivity index (χ0v) is 15.1. The van der Waals surface area contributed by atoms with E-state index >= 15 is 0 Å². The first-order valence-corrected chi connectivity index (χ1v) is 9.21. The molecule has 0 bridgehead atoms. The van der Waals surface area contributed by atoms with Crippen molar-refractivity contribution in [2.45, 2.75) is 58.0 Å². The lowest BCUT2D eigenvalue weighted by atomic mass is 9.81. The third kappa shape index (κ3) is 4.39. The van der Waals surface area contributed by atoms with Crippen molar-refractivity contribution in [1.29, 1.82) is 0 Å². The molecule has 9 heteroatoms. The molecule has 0 unspecified atom stereocenters. The first-order valence-electron chi connectivity index (χ1n) is 9.21. The molecule has 2 aliphatic rings. The van der Waals surface area contributed by atoms with Gasteiger partial charge in [0.15, 0.2) is 0 Å². The maximum atomic E-state index is 12.6. The zero-order chi connectivity index (χ0) is 18.7. The molecule has 2 heterocycles. The Kier molecular flexibility index (Phi) is 5.53. The van der Waals surface area contributed by atoms with E-state index in [2.05, 4.69) is 22.6 Å². The lowest BCUT2D eigenvalue weighted by Gasteiger charge is -2.27. The number of primary amides is 1. The number of carbonyl (C=O) groups is 3. The molecular formula is C17H26N6O3. The molecule has 1 saturated heterocycles. The van der Waals surface area contributed by atoms with Gasteiger partial charge in [-0.1, -0.05) is 31.4 Å². The number of urea groups is 1. The molecule has 4 amide bonds. The van der Waals surface area contributed by atoms with E-state index < -0.39 is 11.9 Å². The maximum Gasteiger partial charge on any atom is 0.324 e. The van der Waals surface area contributed by atoms with E-state index in [-0.39, 0.29) is 24.9 Å². The van der Waals surface area contributed by atoms with Gasteiger partial charge in [-0.15, -0.1) is 5.10 Å². The number of imide groups is 1. The van der Waals surface area contributed by atoms with Crippen LogP contribution in [-0.2, 0) is 22.6 Å². The Hall–Kier alpha value is -2.45. The van der Waals surface area contributed by atoms with Gasteiger partial charge in [-0.25, -0.2) is 9.48 Å². The molecule has 142 valence electrons. The van der Waals surface area contributed by atoms with Gasteiger partial charge in [0.1, 0.15) is 12.6 Å². The van der Waals surface area contributed by atoms with Crippen molar-refractivity contribution in [2.24, 2.45) is 17.6 Å². The first-order chi connectivity index (χ1) is 12.4. The third-order valence-corrected chi connectivity index (χ3v) is 5.23. The molecule has 0 spiro atoms. The first kappa shape index (κ1) is 18.3. The van der Waals surface area contributed by atoms with Crippen molar-refractivity contribution < 1.29 is 14.4 Å². The fraction of sp³-hybridized carbons (Fsp3) is 0.706. The second-order valence-electron chi connectivity index (χ2n) is 7.50. The molecule has 0 aromatic carbocycles. The van der Waals surface area contributed by atoms with Crippen molar-refractivity contribution in [3.05, 3.63) is 11.9 Å². The van der Waals surface area contributed by atoms with Gasteiger partial charge in [0.25, 0.3) is 5.91 Å². The van der Waals surface area contributed by atoms with Crippen LogP contribution >= 0.6 is 0 Å². The molecule has 1 aliphatic heterocycles. The second-order valence-corrected chi connectivity index (χ2v) is 7.50. The van der Waals surface area contributed by atoms with E-state index in [0.717, 1.165) is 12.3 Å². The van der Waals surface area contributed by atoms with Crippen molar-refractivity contribution in [2.75, 3.05) is 6.54 Å². The summed E-state index contributed by atoms with van der Waals surface area (Å²) >= 11 is 0. The van der Waals surface area contributed by atoms with Gasteiger partial charge < -0.3 is 11.1 Å². The van der Waals surface area contributed by atoms with Gasteiger partial charge in [0, 0.05) is 19.2 Å². The molecule has 26 heavy (non-hydrogen) atoms. The number of hydrogen-bond acceptors (Lipinski definition) is 5. The fourth-order valence-corrected chi connectivity index (χ4v) is 3.94. The van der Waals surface area contributed by atoms with E-state index in [1.165, 1.54) is 35.3 Å². The topological polar surface area (TPSA) is 123 Å². The van der Waals surface area contributed by atoms with Crippen LogP contribution in [0.2, 0.25) is 0 Å². The summed E-state index contributed by atoms with van der Waals surface area (Å²) in [6.07, 6.45) is 7.55. The average molecular weight is 362 g/mol. The Morgan fingerprint density at radius 2 is 2.19 bits per heavy atom. The van der Waals surface area contributed by atoms with E-state index in [1.807, 2.05) is 0 Å². The summed E-state index contributed by atoms with van der Waals surface area (Å²) in [5.41, 5.74) is 5.65. The van der Waals surface area contributed by atoms with Crippen molar-refractivity contribution in [1.82, 2.24) is 25.2 Å². The summed E-state index contributed by atoms with van der Waals surface area (Å²) in [6, 6.07) is -0.972.